The van der Waals surface area contributed by atoms with Gasteiger partial charge in [0.05, 0.1) is 13.2 Å². The van der Waals surface area contributed by atoms with Crippen molar-refractivity contribution >= 4 is 5.96 Å². The molecule has 2 saturated heterocycles. The summed E-state index contributed by atoms with van der Waals surface area (Å²) in [4.78, 5) is 7.10. The zero-order chi connectivity index (χ0) is 18.0. The molecule has 0 aromatic heterocycles. The van der Waals surface area contributed by atoms with E-state index in [4.69, 9.17) is 9.47 Å². The molecule has 1 unspecified atom stereocenters. The number of nitrogens with one attached hydrogen (secondary N) is 2. The second-order valence-electron chi connectivity index (χ2n) is 8.05. The van der Waals surface area contributed by atoms with Crippen LogP contribution in [0.1, 0.15) is 51.4 Å². The van der Waals surface area contributed by atoms with Gasteiger partial charge in [-0.15, -0.1) is 0 Å². The van der Waals surface area contributed by atoms with Crippen LogP contribution in [0, 0.1) is 5.92 Å². The Kier molecular flexibility index (Phi) is 8.49. The minimum Gasteiger partial charge on any atom is -0.381 e. The molecule has 3 aliphatic rings. The molecule has 6 nitrogen and oxygen atoms in total. The SMILES string of the molecule is CN=C(NCCCOCC1CCOC1)NC1CCN(C2CCCC2)CC1. The second-order valence-corrected chi connectivity index (χ2v) is 8.05. The predicted molar refractivity (Wildman–Crippen MR) is 106 cm³/mol. The summed E-state index contributed by atoms with van der Waals surface area (Å²) in [5.74, 6) is 1.54. The number of hydrogen-bond acceptors (Lipinski definition) is 4. The minimum absolute atomic E-state index is 0.553. The standard InChI is InChI=1S/C20H38N4O2/c1-21-20(22-10-4-13-25-15-17-9-14-26-16-17)23-18-7-11-24(12-8-18)19-5-2-3-6-19/h17-19H,2-16H2,1H3,(H2,21,22,23). The maximum absolute atomic E-state index is 5.76. The van der Waals surface area contributed by atoms with Crippen molar-refractivity contribution < 1.29 is 9.47 Å². The van der Waals surface area contributed by atoms with Crippen molar-refractivity contribution in [1.29, 1.82) is 0 Å². The van der Waals surface area contributed by atoms with Crippen molar-refractivity contribution in [3.63, 3.8) is 0 Å². The molecule has 2 N–H and O–H groups in total. The Morgan fingerprint density at radius 2 is 1.96 bits per heavy atom. The molecule has 3 rings (SSSR count). The van der Waals surface area contributed by atoms with Crippen molar-refractivity contribution in [2.45, 2.75) is 63.5 Å². The highest BCUT2D eigenvalue weighted by molar-refractivity contribution is 5.79. The molecular formula is C20H38N4O2. The summed E-state index contributed by atoms with van der Waals surface area (Å²) >= 11 is 0. The summed E-state index contributed by atoms with van der Waals surface area (Å²) in [5, 5.41) is 7.04. The van der Waals surface area contributed by atoms with E-state index in [0.29, 0.717) is 12.0 Å². The van der Waals surface area contributed by atoms with Crippen LogP contribution in [0.4, 0.5) is 0 Å². The Morgan fingerprint density at radius 3 is 2.65 bits per heavy atom. The second kappa shape index (κ2) is 11.1. The molecule has 0 radical (unpaired) electrons. The molecule has 0 bridgehead atoms. The number of rotatable bonds is 8. The van der Waals surface area contributed by atoms with E-state index in [1.807, 2.05) is 7.05 Å². The Balaban J connectivity index is 1.23. The maximum atomic E-state index is 5.76. The molecule has 2 heterocycles. The molecule has 26 heavy (non-hydrogen) atoms. The summed E-state index contributed by atoms with van der Waals surface area (Å²) in [5.41, 5.74) is 0. The Morgan fingerprint density at radius 1 is 1.15 bits per heavy atom. The predicted octanol–water partition coefficient (Wildman–Crippen LogP) is 2.00. The minimum atomic E-state index is 0.553. The molecule has 2 aliphatic heterocycles. The van der Waals surface area contributed by atoms with Gasteiger partial charge in [-0.25, -0.2) is 0 Å². The van der Waals surface area contributed by atoms with Crippen LogP contribution in [-0.2, 0) is 9.47 Å². The summed E-state index contributed by atoms with van der Waals surface area (Å²) in [6, 6.07) is 1.42. The third kappa shape index (κ3) is 6.39. The van der Waals surface area contributed by atoms with Crippen LogP contribution in [0.3, 0.4) is 0 Å². The number of ether oxygens (including phenoxy) is 2. The first-order chi connectivity index (χ1) is 12.8. The summed E-state index contributed by atoms with van der Waals surface area (Å²) in [6.07, 6.45) is 10.3. The van der Waals surface area contributed by atoms with E-state index >= 15 is 0 Å². The number of aliphatic imine (C=N–C) groups is 1. The van der Waals surface area contributed by atoms with Crippen molar-refractivity contribution in [3.8, 4) is 0 Å². The first kappa shape index (κ1) is 19.9. The molecule has 1 aliphatic carbocycles. The van der Waals surface area contributed by atoms with Crippen LogP contribution < -0.4 is 10.6 Å². The fourth-order valence-corrected chi connectivity index (χ4v) is 4.41. The highest BCUT2D eigenvalue weighted by atomic mass is 16.5. The number of guanidine groups is 1. The zero-order valence-electron chi connectivity index (χ0n) is 16.5. The summed E-state index contributed by atoms with van der Waals surface area (Å²) in [6.45, 7) is 6.79. The summed E-state index contributed by atoms with van der Waals surface area (Å²) < 4.78 is 11.1. The summed E-state index contributed by atoms with van der Waals surface area (Å²) in [7, 11) is 1.86. The number of hydrogen-bond donors (Lipinski definition) is 2. The topological polar surface area (TPSA) is 58.1 Å². The lowest BCUT2D eigenvalue weighted by atomic mass is 10.0. The van der Waals surface area contributed by atoms with Gasteiger partial charge >= 0.3 is 0 Å². The van der Waals surface area contributed by atoms with Gasteiger partial charge in [-0.05, 0) is 38.5 Å². The highest BCUT2D eigenvalue weighted by Crippen LogP contribution is 2.26. The van der Waals surface area contributed by atoms with Gasteiger partial charge in [-0.3, -0.25) is 4.99 Å². The van der Waals surface area contributed by atoms with Gasteiger partial charge in [-0.1, -0.05) is 12.8 Å². The van der Waals surface area contributed by atoms with E-state index in [1.165, 1.54) is 51.6 Å². The van der Waals surface area contributed by atoms with Crippen LogP contribution in [0.25, 0.3) is 0 Å². The molecule has 6 heteroatoms. The van der Waals surface area contributed by atoms with Crippen LogP contribution >= 0.6 is 0 Å². The molecule has 3 fully saturated rings. The van der Waals surface area contributed by atoms with Crippen molar-refractivity contribution in [3.05, 3.63) is 0 Å². The van der Waals surface area contributed by atoms with Gasteiger partial charge in [0.2, 0.25) is 0 Å². The molecule has 0 amide bonds. The smallest absolute Gasteiger partial charge is 0.191 e. The van der Waals surface area contributed by atoms with E-state index in [2.05, 4.69) is 20.5 Å². The van der Waals surface area contributed by atoms with E-state index in [0.717, 1.165) is 57.8 Å². The largest absolute Gasteiger partial charge is 0.381 e. The van der Waals surface area contributed by atoms with Gasteiger partial charge in [-0.2, -0.15) is 0 Å². The van der Waals surface area contributed by atoms with E-state index in [9.17, 15) is 0 Å². The number of likely N-dealkylation sites (tertiary alicyclic amines) is 1. The van der Waals surface area contributed by atoms with Gasteiger partial charge in [0, 0.05) is 57.9 Å². The Bertz CT molecular complexity index is 412. The first-order valence-electron chi connectivity index (χ1n) is 10.7. The molecule has 0 spiro atoms. The van der Waals surface area contributed by atoms with Crippen molar-refractivity contribution in [1.82, 2.24) is 15.5 Å². The van der Waals surface area contributed by atoms with Crippen LogP contribution in [0.15, 0.2) is 4.99 Å². The highest BCUT2D eigenvalue weighted by Gasteiger charge is 2.27. The average molecular weight is 367 g/mol. The third-order valence-electron chi connectivity index (χ3n) is 6.07. The van der Waals surface area contributed by atoms with E-state index < -0.39 is 0 Å². The molecule has 0 aromatic rings. The zero-order valence-corrected chi connectivity index (χ0v) is 16.5. The lowest BCUT2D eigenvalue weighted by Gasteiger charge is -2.36. The molecule has 150 valence electrons. The van der Waals surface area contributed by atoms with Crippen molar-refractivity contribution in [2.75, 3.05) is 53.1 Å². The molecule has 1 atom stereocenters. The fourth-order valence-electron chi connectivity index (χ4n) is 4.41. The van der Waals surface area contributed by atoms with Crippen LogP contribution in [0.2, 0.25) is 0 Å². The van der Waals surface area contributed by atoms with Crippen LogP contribution in [-0.4, -0.2) is 76.1 Å². The average Bonchev–Trinajstić information content (AvgIpc) is 3.38. The van der Waals surface area contributed by atoms with Gasteiger partial charge in [0.1, 0.15) is 0 Å². The van der Waals surface area contributed by atoms with Gasteiger partial charge in [0.25, 0.3) is 0 Å². The molecule has 0 aromatic carbocycles. The fraction of sp³-hybridized carbons (Fsp3) is 0.950. The Labute approximate surface area is 159 Å². The lowest BCUT2D eigenvalue weighted by Crippen LogP contribution is -2.50. The molecule has 1 saturated carbocycles. The third-order valence-corrected chi connectivity index (χ3v) is 6.07. The van der Waals surface area contributed by atoms with Crippen molar-refractivity contribution in [2.24, 2.45) is 10.9 Å². The molecular weight excluding hydrogens is 328 g/mol. The number of piperidine rings is 1. The van der Waals surface area contributed by atoms with E-state index in [-0.39, 0.29) is 0 Å². The lowest BCUT2D eigenvalue weighted by molar-refractivity contribution is 0.0888. The Hall–Kier alpha value is -0.850. The van der Waals surface area contributed by atoms with Gasteiger partial charge < -0.3 is 25.0 Å². The monoisotopic (exact) mass is 366 g/mol. The number of nitrogens with zero attached hydrogens (tertiary/aromatic N) is 2. The van der Waals surface area contributed by atoms with Gasteiger partial charge in [0.15, 0.2) is 5.96 Å². The van der Waals surface area contributed by atoms with E-state index in [1.54, 1.807) is 0 Å². The maximum Gasteiger partial charge on any atom is 0.191 e. The van der Waals surface area contributed by atoms with Crippen LogP contribution in [0.5, 0.6) is 0 Å². The quantitative estimate of drug-likeness (QED) is 0.391. The first-order valence-corrected chi connectivity index (χ1v) is 10.7. The normalized spacial score (nSPS) is 26.5.